The minimum atomic E-state index is -2.77. The molecule has 0 bridgehead atoms. The zero-order chi connectivity index (χ0) is 16.3. The molecule has 0 saturated carbocycles. The van der Waals surface area contributed by atoms with E-state index < -0.39 is 12.4 Å². The van der Waals surface area contributed by atoms with E-state index in [1.165, 1.54) is 13.0 Å². The minimum Gasteiger partial charge on any atom is -0.462 e. The van der Waals surface area contributed by atoms with E-state index in [0.29, 0.717) is 5.69 Å². The number of rotatable bonds is 4. The van der Waals surface area contributed by atoms with Crippen molar-refractivity contribution in [1.29, 1.82) is 0 Å². The molecule has 22 heavy (non-hydrogen) atoms. The van der Waals surface area contributed by atoms with Gasteiger partial charge in [0.2, 0.25) is 0 Å². The van der Waals surface area contributed by atoms with Crippen LogP contribution < -0.4 is 0 Å². The summed E-state index contributed by atoms with van der Waals surface area (Å²) >= 11 is 0. The number of aromatic nitrogens is 1. The maximum absolute atomic E-state index is 13.3. The van der Waals surface area contributed by atoms with Crippen molar-refractivity contribution in [3.05, 3.63) is 52.7 Å². The normalized spacial score (nSPS) is 10.8. The Bertz CT molecular complexity index is 682. The van der Waals surface area contributed by atoms with Crippen molar-refractivity contribution < 1.29 is 18.3 Å². The summed E-state index contributed by atoms with van der Waals surface area (Å²) in [5, 5.41) is 0. The van der Waals surface area contributed by atoms with E-state index >= 15 is 0 Å². The van der Waals surface area contributed by atoms with Gasteiger partial charge in [0.15, 0.2) is 0 Å². The number of halogens is 2. The van der Waals surface area contributed by atoms with Crippen molar-refractivity contribution in [3.8, 4) is 11.3 Å². The third kappa shape index (κ3) is 3.30. The number of carbonyl (C=O) groups is 1. The van der Waals surface area contributed by atoms with Crippen molar-refractivity contribution in [3.63, 3.8) is 0 Å². The van der Waals surface area contributed by atoms with E-state index in [9.17, 15) is 13.6 Å². The van der Waals surface area contributed by atoms with Crippen LogP contribution in [0.3, 0.4) is 0 Å². The summed E-state index contributed by atoms with van der Waals surface area (Å²) in [6.07, 6.45) is -2.77. The lowest BCUT2D eigenvalue weighted by Gasteiger charge is -2.13. The van der Waals surface area contributed by atoms with Crippen LogP contribution in [0.5, 0.6) is 0 Å². The second-order valence-corrected chi connectivity index (χ2v) is 4.94. The predicted molar refractivity (Wildman–Crippen MR) is 80.1 cm³/mol. The second kappa shape index (κ2) is 6.64. The molecule has 1 heterocycles. The van der Waals surface area contributed by atoms with E-state index in [2.05, 4.69) is 4.98 Å². The van der Waals surface area contributed by atoms with Gasteiger partial charge in [0, 0.05) is 11.1 Å². The molecular formula is C17H17F2NO2. The Morgan fingerprint density at radius 1 is 1.23 bits per heavy atom. The Morgan fingerprint density at radius 3 is 2.41 bits per heavy atom. The quantitative estimate of drug-likeness (QED) is 0.782. The lowest BCUT2D eigenvalue weighted by molar-refractivity contribution is 0.0514. The van der Waals surface area contributed by atoms with Gasteiger partial charge in [-0.2, -0.15) is 0 Å². The highest BCUT2D eigenvalue weighted by Crippen LogP contribution is 2.30. The van der Waals surface area contributed by atoms with Crippen LogP contribution in [0.25, 0.3) is 11.3 Å². The highest BCUT2D eigenvalue weighted by atomic mass is 19.3. The SMILES string of the molecule is CCOC(=O)c1c(C(F)F)cc(-c2ccc(C)cc2)nc1C. The largest absolute Gasteiger partial charge is 0.462 e. The molecule has 1 aromatic heterocycles. The van der Waals surface area contributed by atoms with Crippen molar-refractivity contribution in [2.75, 3.05) is 6.61 Å². The smallest absolute Gasteiger partial charge is 0.340 e. The number of nitrogens with zero attached hydrogens (tertiary/aromatic N) is 1. The Morgan fingerprint density at radius 2 is 1.86 bits per heavy atom. The molecule has 0 fully saturated rings. The number of pyridine rings is 1. The average molecular weight is 305 g/mol. The molecule has 3 nitrogen and oxygen atoms in total. The number of ether oxygens (including phenoxy) is 1. The highest BCUT2D eigenvalue weighted by Gasteiger charge is 2.24. The van der Waals surface area contributed by atoms with Gasteiger partial charge in [0.25, 0.3) is 6.43 Å². The van der Waals surface area contributed by atoms with Gasteiger partial charge in [0.05, 0.1) is 23.6 Å². The fourth-order valence-corrected chi connectivity index (χ4v) is 2.21. The highest BCUT2D eigenvalue weighted by molar-refractivity contribution is 5.93. The molecular weight excluding hydrogens is 288 g/mol. The Hall–Kier alpha value is -2.30. The molecule has 2 rings (SSSR count). The van der Waals surface area contributed by atoms with E-state index in [4.69, 9.17) is 4.74 Å². The molecule has 0 aliphatic rings. The zero-order valence-electron chi connectivity index (χ0n) is 12.7. The maximum atomic E-state index is 13.3. The van der Waals surface area contributed by atoms with Gasteiger partial charge in [-0.25, -0.2) is 13.6 Å². The zero-order valence-corrected chi connectivity index (χ0v) is 12.7. The molecule has 0 atom stereocenters. The molecule has 0 aliphatic carbocycles. The summed E-state index contributed by atoms with van der Waals surface area (Å²) in [6, 6.07) is 8.66. The van der Waals surface area contributed by atoms with Crippen LogP contribution in [0.2, 0.25) is 0 Å². The molecule has 0 spiro atoms. The molecule has 0 unspecified atom stereocenters. The number of hydrogen-bond donors (Lipinski definition) is 0. The first kappa shape index (κ1) is 16.1. The van der Waals surface area contributed by atoms with E-state index in [-0.39, 0.29) is 23.4 Å². The summed E-state index contributed by atoms with van der Waals surface area (Å²) in [4.78, 5) is 16.2. The van der Waals surface area contributed by atoms with Crippen LogP contribution >= 0.6 is 0 Å². The third-order valence-corrected chi connectivity index (χ3v) is 3.29. The van der Waals surface area contributed by atoms with Gasteiger partial charge >= 0.3 is 5.97 Å². The number of carbonyl (C=O) groups excluding carboxylic acids is 1. The molecule has 0 N–H and O–H groups in total. The molecule has 5 heteroatoms. The third-order valence-electron chi connectivity index (χ3n) is 3.29. The topological polar surface area (TPSA) is 39.2 Å². The van der Waals surface area contributed by atoms with Crippen LogP contribution in [0.1, 0.15) is 40.5 Å². The molecule has 0 saturated heterocycles. The van der Waals surface area contributed by atoms with Gasteiger partial charge in [0.1, 0.15) is 0 Å². The summed E-state index contributed by atoms with van der Waals surface area (Å²) < 4.78 is 31.5. The van der Waals surface area contributed by atoms with Gasteiger partial charge in [-0.3, -0.25) is 4.98 Å². The van der Waals surface area contributed by atoms with Gasteiger partial charge < -0.3 is 4.74 Å². The van der Waals surface area contributed by atoms with E-state index in [1.54, 1.807) is 6.92 Å². The first-order chi connectivity index (χ1) is 10.4. The fraction of sp³-hybridized carbons (Fsp3) is 0.294. The van der Waals surface area contributed by atoms with E-state index in [0.717, 1.165) is 11.1 Å². The molecule has 0 radical (unpaired) electrons. The van der Waals surface area contributed by atoms with Crippen LogP contribution in [0, 0.1) is 13.8 Å². The number of benzene rings is 1. The summed E-state index contributed by atoms with van der Waals surface area (Å²) in [5.74, 6) is -0.766. The fourth-order valence-electron chi connectivity index (χ4n) is 2.21. The maximum Gasteiger partial charge on any atom is 0.340 e. The van der Waals surface area contributed by atoms with Crippen molar-refractivity contribution in [1.82, 2.24) is 4.98 Å². The summed E-state index contributed by atoms with van der Waals surface area (Å²) in [7, 11) is 0. The number of alkyl halides is 2. The standard InChI is InChI=1S/C17H17F2NO2/c1-4-22-17(21)15-11(3)20-14(9-13(15)16(18)19)12-7-5-10(2)6-8-12/h5-9,16H,4H2,1-3H3. The van der Waals surface area contributed by atoms with Crippen LogP contribution in [-0.2, 0) is 4.74 Å². The Labute approximate surface area is 128 Å². The van der Waals surface area contributed by atoms with E-state index in [1.807, 2.05) is 31.2 Å². The van der Waals surface area contributed by atoms with Crippen LogP contribution in [0.15, 0.2) is 30.3 Å². The number of aryl methyl sites for hydroxylation is 2. The molecule has 116 valence electrons. The Kier molecular flexibility index (Phi) is 4.85. The van der Waals surface area contributed by atoms with Crippen molar-refractivity contribution in [2.24, 2.45) is 0 Å². The number of esters is 1. The van der Waals surface area contributed by atoms with Gasteiger partial charge in [-0.1, -0.05) is 29.8 Å². The van der Waals surface area contributed by atoms with Crippen molar-refractivity contribution >= 4 is 5.97 Å². The first-order valence-electron chi connectivity index (χ1n) is 6.98. The van der Waals surface area contributed by atoms with Gasteiger partial charge in [-0.05, 0) is 26.8 Å². The monoisotopic (exact) mass is 305 g/mol. The first-order valence-corrected chi connectivity index (χ1v) is 6.98. The molecule has 2 aromatic rings. The molecule has 0 amide bonds. The minimum absolute atomic E-state index is 0.126. The van der Waals surface area contributed by atoms with Gasteiger partial charge in [-0.15, -0.1) is 0 Å². The Balaban J connectivity index is 2.56. The number of hydrogen-bond acceptors (Lipinski definition) is 3. The summed E-state index contributed by atoms with van der Waals surface area (Å²) in [6.45, 7) is 5.23. The average Bonchev–Trinajstić information content (AvgIpc) is 2.47. The predicted octanol–water partition coefficient (Wildman–Crippen LogP) is 4.48. The second-order valence-electron chi connectivity index (χ2n) is 4.94. The van der Waals surface area contributed by atoms with Crippen LogP contribution in [0.4, 0.5) is 8.78 Å². The lowest BCUT2D eigenvalue weighted by Crippen LogP contribution is -2.12. The molecule has 1 aromatic carbocycles. The van der Waals surface area contributed by atoms with Crippen LogP contribution in [-0.4, -0.2) is 17.6 Å². The summed E-state index contributed by atoms with van der Waals surface area (Å²) in [5.41, 5.74) is 1.96. The van der Waals surface area contributed by atoms with Crippen molar-refractivity contribution in [2.45, 2.75) is 27.2 Å². The molecule has 0 aliphatic heterocycles. The lowest BCUT2D eigenvalue weighted by atomic mass is 10.0.